The zero-order valence-corrected chi connectivity index (χ0v) is 11.4. The van der Waals surface area contributed by atoms with E-state index in [0.717, 1.165) is 18.7 Å². The van der Waals surface area contributed by atoms with Gasteiger partial charge in [-0.15, -0.1) is 0 Å². The minimum Gasteiger partial charge on any atom is -0.247 e. The van der Waals surface area contributed by atoms with Crippen LogP contribution in [0.1, 0.15) is 30.7 Å². The van der Waals surface area contributed by atoms with Crippen LogP contribution in [0.15, 0.2) is 6.20 Å². The molecule has 2 aromatic heterocycles. The van der Waals surface area contributed by atoms with E-state index in [1.165, 1.54) is 22.9 Å². The fourth-order valence-electron chi connectivity index (χ4n) is 2.24. The Morgan fingerprint density at radius 2 is 1.82 bits per heavy atom. The number of aromatic amines is 2. The first-order valence-corrected chi connectivity index (χ1v) is 6.18. The van der Waals surface area contributed by atoms with Crippen molar-refractivity contribution in [2.75, 3.05) is 0 Å². The van der Waals surface area contributed by atoms with E-state index in [9.17, 15) is 0 Å². The molecule has 0 saturated heterocycles. The Morgan fingerprint density at radius 1 is 1.12 bits per heavy atom. The van der Waals surface area contributed by atoms with Gasteiger partial charge >= 0.3 is 0 Å². The molecule has 0 radical (unpaired) electrons. The lowest BCUT2D eigenvalue weighted by molar-refractivity contribution is -0.684. The molecule has 0 saturated carbocycles. The summed E-state index contributed by atoms with van der Waals surface area (Å²) in [6.45, 7) is 6.41. The molecule has 17 heavy (non-hydrogen) atoms. The fraction of sp³-hybridized carbons (Fsp3) is 0.538. The summed E-state index contributed by atoms with van der Waals surface area (Å²) in [5.74, 6) is 2.36. The molecule has 2 aromatic rings. The molecule has 0 aliphatic rings. The normalized spacial score (nSPS) is 11.1. The van der Waals surface area contributed by atoms with Gasteiger partial charge in [0.05, 0.1) is 14.1 Å². The maximum atomic E-state index is 3.49. The van der Waals surface area contributed by atoms with E-state index in [-0.39, 0.29) is 0 Å². The van der Waals surface area contributed by atoms with Gasteiger partial charge in [0, 0.05) is 20.3 Å². The molecule has 0 aliphatic heterocycles. The van der Waals surface area contributed by atoms with E-state index < -0.39 is 0 Å². The van der Waals surface area contributed by atoms with Gasteiger partial charge in [-0.25, -0.2) is 19.1 Å². The topological polar surface area (TPSA) is 39.3 Å². The number of aromatic nitrogens is 4. The number of nitrogens with one attached hydrogen (secondary N) is 2. The summed E-state index contributed by atoms with van der Waals surface area (Å²) in [6, 6.07) is 0. The second kappa shape index (κ2) is 4.35. The highest BCUT2D eigenvalue weighted by Gasteiger charge is 2.26. The van der Waals surface area contributed by atoms with Crippen LogP contribution in [-0.4, -0.2) is 9.97 Å². The van der Waals surface area contributed by atoms with Crippen molar-refractivity contribution in [3.63, 3.8) is 0 Å². The summed E-state index contributed by atoms with van der Waals surface area (Å²) in [5.41, 5.74) is 3.83. The third-order valence-electron chi connectivity index (χ3n) is 3.53. The summed E-state index contributed by atoms with van der Waals surface area (Å²) in [7, 11) is 4.22. The van der Waals surface area contributed by atoms with E-state index >= 15 is 0 Å². The smallest absolute Gasteiger partial charge is 0.247 e. The van der Waals surface area contributed by atoms with Crippen LogP contribution in [-0.2, 0) is 20.5 Å². The van der Waals surface area contributed by atoms with Gasteiger partial charge in [0.1, 0.15) is 6.20 Å². The molecular formula is C13H22N4+2. The highest BCUT2D eigenvalue weighted by Crippen LogP contribution is 2.18. The molecule has 4 heteroatoms. The van der Waals surface area contributed by atoms with Crippen LogP contribution in [0.4, 0.5) is 0 Å². The predicted molar refractivity (Wildman–Crippen MR) is 66.4 cm³/mol. The van der Waals surface area contributed by atoms with Crippen molar-refractivity contribution < 1.29 is 9.13 Å². The molecule has 2 rings (SSSR count). The molecule has 0 bridgehead atoms. The summed E-state index contributed by atoms with van der Waals surface area (Å²) in [4.78, 5) is 6.76. The quantitative estimate of drug-likeness (QED) is 0.750. The lowest BCUT2D eigenvalue weighted by Crippen LogP contribution is -2.35. The maximum absolute atomic E-state index is 3.49. The molecule has 0 aliphatic carbocycles. The van der Waals surface area contributed by atoms with Crippen molar-refractivity contribution in [2.24, 2.45) is 14.1 Å². The van der Waals surface area contributed by atoms with Crippen LogP contribution in [0.2, 0.25) is 0 Å². The van der Waals surface area contributed by atoms with Gasteiger partial charge in [0.15, 0.2) is 5.69 Å². The highest BCUT2D eigenvalue weighted by atomic mass is 15.1. The van der Waals surface area contributed by atoms with Crippen molar-refractivity contribution in [1.82, 2.24) is 9.97 Å². The van der Waals surface area contributed by atoms with Crippen LogP contribution < -0.4 is 9.13 Å². The van der Waals surface area contributed by atoms with E-state index in [2.05, 4.69) is 60.2 Å². The molecule has 2 heterocycles. The number of imidazole rings is 2. The van der Waals surface area contributed by atoms with Gasteiger partial charge < -0.3 is 0 Å². The number of hydrogen-bond acceptors (Lipinski definition) is 0. The van der Waals surface area contributed by atoms with Gasteiger partial charge in [0.2, 0.25) is 11.4 Å². The molecule has 4 nitrogen and oxygen atoms in total. The zero-order valence-electron chi connectivity index (χ0n) is 11.4. The molecular weight excluding hydrogens is 212 g/mol. The van der Waals surface area contributed by atoms with Crippen molar-refractivity contribution in [3.05, 3.63) is 23.5 Å². The average Bonchev–Trinajstić information content (AvgIpc) is 2.75. The summed E-state index contributed by atoms with van der Waals surface area (Å²) >= 11 is 0. The first-order chi connectivity index (χ1) is 8.06. The van der Waals surface area contributed by atoms with Crippen molar-refractivity contribution in [1.29, 1.82) is 0 Å². The SMILES string of the molecule is CCCc1c(-c2c[nH]c(C)[n+]2C)[nH]c(C)[n+]1C. The van der Waals surface area contributed by atoms with Crippen LogP contribution in [0.3, 0.4) is 0 Å². The van der Waals surface area contributed by atoms with Gasteiger partial charge in [-0.3, -0.25) is 0 Å². The Balaban J connectivity index is 2.59. The van der Waals surface area contributed by atoms with Crippen molar-refractivity contribution >= 4 is 0 Å². The minimum absolute atomic E-state index is 1.10. The molecule has 0 unspecified atom stereocenters. The Labute approximate surface area is 102 Å². The molecule has 2 N–H and O–H groups in total. The monoisotopic (exact) mass is 234 g/mol. The Hall–Kier alpha value is -1.58. The zero-order chi connectivity index (χ0) is 12.6. The largest absolute Gasteiger partial charge is 0.251 e. The first-order valence-electron chi connectivity index (χ1n) is 6.18. The second-order valence-corrected chi connectivity index (χ2v) is 4.66. The van der Waals surface area contributed by atoms with Crippen molar-refractivity contribution in [3.8, 4) is 11.4 Å². The fourth-order valence-corrected chi connectivity index (χ4v) is 2.24. The van der Waals surface area contributed by atoms with E-state index in [1.807, 2.05) is 0 Å². The lowest BCUT2D eigenvalue weighted by Gasteiger charge is -1.97. The summed E-state index contributed by atoms with van der Waals surface area (Å²) in [5, 5.41) is 0. The molecule has 0 fully saturated rings. The number of rotatable bonds is 3. The third kappa shape index (κ3) is 1.88. The predicted octanol–water partition coefficient (Wildman–Crippen LogP) is 1.23. The summed E-state index contributed by atoms with van der Waals surface area (Å²) < 4.78 is 4.44. The van der Waals surface area contributed by atoms with Crippen LogP contribution >= 0.6 is 0 Å². The number of aryl methyl sites for hydroxylation is 2. The van der Waals surface area contributed by atoms with E-state index in [4.69, 9.17) is 0 Å². The average molecular weight is 234 g/mol. The minimum atomic E-state index is 1.10. The van der Waals surface area contributed by atoms with Gasteiger partial charge in [-0.1, -0.05) is 6.92 Å². The van der Waals surface area contributed by atoms with Gasteiger partial charge in [-0.2, -0.15) is 0 Å². The number of nitrogens with zero attached hydrogens (tertiary/aromatic N) is 2. The van der Waals surface area contributed by atoms with Gasteiger partial charge in [-0.05, 0) is 6.42 Å². The van der Waals surface area contributed by atoms with Crippen LogP contribution in [0, 0.1) is 13.8 Å². The Morgan fingerprint density at radius 3 is 2.35 bits per heavy atom. The Bertz CT molecular complexity index is 534. The molecule has 92 valence electrons. The number of H-pyrrole nitrogens is 2. The maximum Gasteiger partial charge on any atom is 0.251 e. The van der Waals surface area contributed by atoms with Gasteiger partial charge in [0.25, 0.3) is 11.6 Å². The number of hydrogen-bond donors (Lipinski definition) is 2. The molecule has 0 amide bonds. The highest BCUT2D eigenvalue weighted by molar-refractivity contribution is 5.52. The van der Waals surface area contributed by atoms with E-state index in [0.29, 0.717) is 0 Å². The standard InChI is InChI=1S/C13H20N4/c1-6-7-11-13(15-10(3)17(11)5)12-8-14-9(2)16(12)4/h8H,6-7H2,1-5H3/p+2. The van der Waals surface area contributed by atoms with Crippen LogP contribution in [0.25, 0.3) is 11.4 Å². The van der Waals surface area contributed by atoms with Crippen molar-refractivity contribution in [2.45, 2.75) is 33.6 Å². The first kappa shape index (κ1) is 11.9. The van der Waals surface area contributed by atoms with Crippen LogP contribution in [0.5, 0.6) is 0 Å². The second-order valence-electron chi connectivity index (χ2n) is 4.66. The lowest BCUT2D eigenvalue weighted by atomic mass is 10.2. The molecule has 0 spiro atoms. The molecule has 0 atom stereocenters. The molecule has 0 aromatic carbocycles. The third-order valence-corrected chi connectivity index (χ3v) is 3.53. The van der Waals surface area contributed by atoms with E-state index in [1.54, 1.807) is 0 Å². The summed E-state index contributed by atoms with van der Waals surface area (Å²) in [6.07, 6.45) is 4.32. The Kier molecular flexibility index (Phi) is 3.05.